The predicted octanol–water partition coefficient (Wildman–Crippen LogP) is 2.54. The number of hydrogen-bond donors (Lipinski definition) is 3. The molecule has 4 N–H and O–H groups in total. The number of ether oxygens (including phenoxy) is 1. The molecule has 9 nitrogen and oxygen atoms in total. The average molecular weight is 431 g/mol. The van der Waals surface area contributed by atoms with Gasteiger partial charge < -0.3 is 24.8 Å². The van der Waals surface area contributed by atoms with E-state index >= 15 is 0 Å². The molecule has 3 aromatic heterocycles. The molecule has 0 spiro atoms. The first-order valence-corrected chi connectivity index (χ1v) is 10.2. The highest BCUT2D eigenvalue weighted by Crippen LogP contribution is 2.24. The van der Waals surface area contributed by atoms with E-state index < -0.39 is 0 Å². The van der Waals surface area contributed by atoms with Gasteiger partial charge in [-0.2, -0.15) is 0 Å². The molecule has 0 aliphatic heterocycles. The SMILES string of the molecule is CCOCc1nc2c(N)ncc(C)c2n1CCCCNC(=S)NC(=O)c1ccco1. The summed E-state index contributed by atoms with van der Waals surface area (Å²) in [6.45, 7) is 6.38. The first kappa shape index (κ1) is 21.7. The first-order chi connectivity index (χ1) is 14.5. The Balaban J connectivity index is 1.54. The average Bonchev–Trinajstić information content (AvgIpc) is 3.38. The summed E-state index contributed by atoms with van der Waals surface area (Å²) < 4.78 is 12.8. The smallest absolute Gasteiger partial charge is 0.293 e. The number of nitrogens with two attached hydrogens (primary N) is 1. The molecule has 0 saturated heterocycles. The highest BCUT2D eigenvalue weighted by Gasteiger charge is 2.15. The summed E-state index contributed by atoms with van der Waals surface area (Å²) in [7, 11) is 0. The van der Waals surface area contributed by atoms with Crippen LogP contribution in [-0.4, -0.2) is 38.7 Å². The van der Waals surface area contributed by atoms with E-state index in [1.807, 2.05) is 13.8 Å². The fraction of sp³-hybridized carbons (Fsp3) is 0.400. The van der Waals surface area contributed by atoms with Crippen LogP contribution in [0.4, 0.5) is 5.82 Å². The summed E-state index contributed by atoms with van der Waals surface area (Å²) in [5, 5.41) is 5.91. The van der Waals surface area contributed by atoms with Gasteiger partial charge in [0.05, 0.1) is 11.8 Å². The number of thiocarbonyl (C=S) groups is 1. The van der Waals surface area contributed by atoms with Crippen LogP contribution in [0, 0.1) is 6.92 Å². The summed E-state index contributed by atoms with van der Waals surface area (Å²) in [6.07, 6.45) is 4.94. The lowest BCUT2D eigenvalue weighted by atomic mass is 10.2. The Kier molecular flexibility index (Phi) is 7.36. The van der Waals surface area contributed by atoms with Gasteiger partial charge in [-0.3, -0.25) is 10.1 Å². The van der Waals surface area contributed by atoms with Crippen molar-refractivity contribution in [3.05, 3.63) is 41.7 Å². The van der Waals surface area contributed by atoms with Crippen molar-refractivity contribution in [2.24, 2.45) is 0 Å². The molecule has 0 aliphatic rings. The fourth-order valence-corrected chi connectivity index (χ4v) is 3.32. The molecule has 0 bridgehead atoms. The summed E-state index contributed by atoms with van der Waals surface area (Å²) >= 11 is 5.16. The van der Waals surface area contributed by atoms with E-state index in [-0.39, 0.29) is 16.8 Å². The van der Waals surface area contributed by atoms with E-state index in [4.69, 9.17) is 27.1 Å². The highest BCUT2D eigenvalue weighted by atomic mass is 32.1. The van der Waals surface area contributed by atoms with E-state index in [9.17, 15) is 4.79 Å². The number of carbonyl (C=O) groups excluding carboxylic acids is 1. The number of aryl methyl sites for hydroxylation is 2. The molecule has 160 valence electrons. The van der Waals surface area contributed by atoms with Crippen molar-refractivity contribution < 1.29 is 13.9 Å². The van der Waals surface area contributed by atoms with Crippen LogP contribution in [0.15, 0.2) is 29.0 Å². The summed E-state index contributed by atoms with van der Waals surface area (Å²) in [4.78, 5) is 20.8. The van der Waals surface area contributed by atoms with E-state index in [1.165, 1.54) is 6.26 Å². The van der Waals surface area contributed by atoms with Gasteiger partial charge in [0.1, 0.15) is 17.9 Å². The molecular formula is C20H26N6O3S. The molecule has 0 saturated carbocycles. The number of nitrogens with one attached hydrogen (secondary N) is 2. The van der Waals surface area contributed by atoms with Gasteiger partial charge in [0.25, 0.3) is 5.91 Å². The number of unbranched alkanes of at least 4 members (excludes halogenated alkanes) is 1. The lowest BCUT2D eigenvalue weighted by Crippen LogP contribution is -2.39. The first-order valence-electron chi connectivity index (χ1n) is 9.81. The molecule has 3 rings (SSSR count). The van der Waals surface area contributed by atoms with Crippen molar-refractivity contribution in [3.8, 4) is 0 Å². The number of anilines is 1. The summed E-state index contributed by atoms with van der Waals surface area (Å²) in [6, 6.07) is 3.23. The highest BCUT2D eigenvalue weighted by molar-refractivity contribution is 7.80. The van der Waals surface area contributed by atoms with Crippen LogP contribution < -0.4 is 16.4 Å². The van der Waals surface area contributed by atoms with Gasteiger partial charge >= 0.3 is 0 Å². The van der Waals surface area contributed by atoms with Crippen molar-refractivity contribution in [1.82, 2.24) is 25.2 Å². The van der Waals surface area contributed by atoms with Crippen LogP contribution in [0.3, 0.4) is 0 Å². The van der Waals surface area contributed by atoms with Crippen molar-refractivity contribution in [2.75, 3.05) is 18.9 Å². The van der Waals surface area contributed by atoms with Gasteiger partial charge in [-0.25, -0.2) is 9.97 Å². The minimum atomic E-state index is -0.371. The molecule has 0 unspecified atom stereocenters. The van der Waals surface area contributed by atoms with Crippen LogP contribution in [-0.2, 0) is 17.9 Å². The molecular weight excluding hydrogens is 404 g/mol. The Morgan fingerprint density at radius 3 is 2.97 bits per heavy atom. The van der Waals surface area contributed by atoms with Crippen LogP contribution in [0.2, 0.25) is 0 Å². The monoisotopic (exact) mass is 430 g/mol. The lowest BCUT2D eigenvalue weighted by Gasteiger charge is -2.12. The van der Waals surface area contributed by atoms with Gasteiger partial charge in [-0.05, 0) is 56.6 Å². The zero-order valence-electron chi connectivity index (χ0n) is 17.1. The van der Waals surface area contributed by atoms with Crippen molar-refractivity contribution in [3.63, 3.8) is 0 Å². The number of rotatable bonds is 9. The lowest BCUT2D eigenvalue weighted by molar-refractivity contribution is 0.0949. The molecule has 3 aromatic rings. The number of imidazole rings is 1. The number of nitrogens with zero attached hydrogens (tertiary/aromatic N) is 3. The predicted molar refractivity (Wildman–Crippen MR) is 118 cm³/mol. The van der Waals surface area contributed by atoms with E-state index in [0.29, 0.717) is 31.1 Å². The third-order valence-electron chi connectivity index (χ3n) is 4.56. The number of pyridine rings is 1. The second-order valence-electron chi connectivity index (χ2n) is 6.73. The maximum Gasteiger partial charge on any atom is 0.293 e. The second-order valence-corrected chi connectivity index (χ2v) is 7.14. The van der Waals surface area contributed by atoms with E-state index in [0.717, 1.165) is 36.3 Å². The van der Waals surface area contributed by atoms with Crippen molar-refractivity contribution >= 4 is 40.1 Å². The normalized spacial score (nSPS) is 11.0. The van der Waals surface area contributed by atoms with Gasteiger partial charge in [0.15, 0.2) is 16.7 Å². The number of carbonyl (C=O) groups is 1. The molecule has 0 aromatic carbocycles. The zero-order valence-corrected chi connectivity index (χ0v) is 17.9. The second kappa shape index (κ2) is 10.2. The minimum Gasteiger partial charge on any atom is -0.459 e. The largest absolute Gasteiger partial charge is 0.459 e. The molecule has 1 amide bonds. The van der Waals surface area contributed by atoms with Gasteiger partial charge in [0.2, 0.25) is 0 Å². The summed E-state index contributed by atoms with van der Waals surface area (Å²) in [5.41, 5.74) is 8.75. The minimum absolute atomic E-state index is 0.220. The Morgan fingerprint density at radius 1 is 1.40 bits per heavy atom. The Bertz CT molecular complexity index is 1020. The number of hydrogen-bond acceptors (Lipinski definition) is 7. The molecule has 3 heterocycles. The fourth-order valence-electron chi connectivity index (χ4n) is 3.12. The van der Waals surface area contributed by atoms with Crippen LogP contribution in [0.1, 0.15) is 41.7 Å². The Hall–Kier alpha value is -2.98. The van der Waals surface area contributed by atoms with E-state index in [2.05, 4.69) is 25.2 Å². The molecule has 30 heavy (non-hydrogen) atoms. The quantitative estimate of drug-likeness (QED) is 0.350. The van der Waals surface area contributed by atoms with Gasteiger partial charge in [0, 0.05) is 25.9 Å². The molecule has 10 heteroatoms. The maximum atomic E-state index is 11.9. The number of nitrogen functional groups attached to an aromatic ring is 1. The number of fused-ring (bicyclic) bond motifs is 1. The maximum absolute atomic E-state index is 11.9. The zero-order chi connectivity index (χ0) is 21.5. The van der Waals surface area contributed by atoms with Crippen LogP contribution in [0.5, 0.6) is 0 Å². The van der Waals surface area contributed by atoms with Crippen molar-refractivity contribution in [1.29, 1.82) is 0 Å². The molecule has 0 radical (unpaired) electrons. The molecule has 0 atom stereocenters. The number of amides is 1. The Labute approximate surface area is 180 Å². The third kappa shape index (κ3) is 5.14. The van der Waals surface area contributed by atoms with Gasteiger partial charge in [-0.1, -0.05) is 0 Å². The van der Waals surface area contributed by atoms with Crippen LogP contribution in [0.25, 0.3) is 11.0 Å². The Morgan fingerprint density at radius 2 is 2.23 bits per heavy atom. The van der Waals surface area contributed by atoms with Crippen molar-refractivity contribution in [2.45, 2.75) is 39.8 Å². The molecule has 0 fully saturated rings. The number of aromatic nitrogens is 3. The third-order valence-corrected chi connectivity index (χ3v) is 4.81. The van der Waals surface area contributed by atoms with Crippen LogP contribution >= 0.6 is 12.2 Å². The number of furan rings is 1. The standard InChI is InChI=1S/C20H26N6O3S/c1-3-28-12-15-24-16-17(13(2)11-23-18(16)21)26(15)9-5-4-8-22-20(30)25-19(27)14-7-6-10-29-14/h6-7,10-11H,3-5,8-9,12H2,1-2H3,(H2,21,23)(H2,22,25,27,30). The topological polar surface area (TPSA) is 120 Å². The van der Waals surface area contributed by atoms with E-state index in [1.54, 1.807) is 18.3 Å². The summed E-state index contributed by atoms with van der Waals surface area (Å²) in [5.74, 6) is 1.11. The van der Waals surface area contributed by atoms with Gasteiger partial charge in [-0.15, -0.1) is 0 Å². The molecule has 0 aliphatic carbocycles.